The van der Waals surface area contributed by atoms with Crippen LogP contribution in [-0.4, -0.2) is 7.05 Å². The minimum absolute atomic E-state index is 0.0605. The summed E-state index contributed by atoms with van der Waals surface area (Å²) in [6, 6.07) is 9.19. The van der Waals surface area contributed by atoms with E-state index in [0.29, 0.717) is 10.7 Å². The topological polar surface area (TPSA) is 29.3 Å². The molecule has 0 radical (unpaired) electrons. The minimum Gasteiger partial charge on any atom is -0.395 e. The molecule has 0 heterocycles. The van der Waals surface area contributed by atoms with Gasteiger partial charge in [-0.15, -0.1) is 0 Å². The number of rotatable bonds is 3. The van der Waals surface area contributed by atoms with Gasteiger partial charge in [0.25, 0.3) is 0 Å². The summed E-state index contributed by atoms with van der Waals surface area (Å²) < 4.78 is 26.9. The molecular formula is C15H15ClF2N2. The first kappa shape index (κ1) is 14.6. The van der Waals surface area contributed by atoms with Crippen LogP contribution in [-0.2, 0) is 0 Å². The largest absolute Gasteiger partial charge is 0.395 e. The van der Waals surface area contributed by atoms with Gasteiger partial charge in [-0.1, -0.05) is 23.7 Å². The highest BCUT2D eigenvalue weighted by atomic mass is 35.5. The zero-order chi connectivity index (χ0) is 14.9. The highest BCUT2D eigenvalue weighted by molar-refractivity contribution is 6.30. The maximum atomic E-state index is 13.5. The predicted molar refractivity (Wildman–Crippen MR) is 79.0 cm³/mol. The lowest BCUT2D eigenvalue weighted by Crippen LogP contribution is -2.23. The number of nitrogens with two attached hydrogens (primary N) is 1. The lowest BCUT2D eigenvalue weighted by molar-refractivity contribution is 0.584. The first-order valence-corrected chi connectivity index (χ1v) is 6.50. The summed E-state index contributed by atoms with van der Waals surface area (Å²) in [5.74, 6) is -1.41. The molecule has 0 aliphatic rings. The van der Waals surface area contributed by atoms with Gasteiger partial charge in [-0.25, -0.2) is 8.78 Å². The molecule has 0 spiro atoms. The van der Waals surface area contributed by atoms with Gasteiger partial charge in [0.1, 0.15) is 5.82 Å². The van der Waals surface area contributed by atoms with E-state index in [1.165, 1.54) is 6.07 Å². The van der Waals surface area contributed by atoms with Crippen molar-refractivity contribution in [3.8, 4) is 0 Å². The minimum atomic E-state index is -0.754. The van der Waals surface area contributed by atoms with Crippen molar-refractivity contribution in [3.63, 3.8) is 0 Å². The van der Waals surface area contributed by atoms with Crippen molar-refractivity contribution in [1.29, 1.82) is 0 Å². The van der Waals surface area contributed by atoms with Crippen molar-refractivity contribution in [2.45, 2.75) is 13.0 Å². The number of hydrogen-bond donors (Lipinski definition) is 1. The van der Waals surface area contributed by atoms with Gasteiger partial charge in [-0.3, -0.25) is 0 Å². The standard InChI is InChI=1S/C15H15ClF2N2/c1-9(10-3-5-11(16)6-4-10)20(2)14-8-12(17)7-13(18)15(14)19/h3-9H,19H2,1-2H3. The SMILES string of the molecule is CC(c1ccc(Cl)cc1)N(C)c1cc(F)cc(F)c1N. The molecule has 1 unspecified atom stereocenters. The molecule has 20 heavy (non-hydrogen) atoms. The second-order valence-electron chi connectivity index (χ2n) is 4.66. The molecule has 0 aliphatic carbocycles. The van der Waals surface area contributed by atoms with E-state index in [0.717, 1.165) is 11.6 Å². The van der Waals surface area contributed by atoms with Crippen molar-refractivity contribution in [2.75, 3.05) is 17.7 Å². The van der Waals surface area contributed by atoms with E-state index in [2.05, 4.69) is 0 Å². The van der Waals surface area contributed by atoms with Gasteiger partial charge in [-0.05, 0) is 30.7 Å². The zero-order valence-corrected chi connectivity index (χ0v) is 12.0. The Labute approximate surface area is 121 Å². The van der Waals surface area contributed by atoms with Crippen molar-refractivity contribution >= 4 is 23.0 Å². The molecule has 0 saturated carbocycles. The summed E-state index contributed by atoms with van der Waals surface area (Å²) in [7, 11) is 1.74. The van der Waals surface area contributed by atoms with Gasteiger partial charge < -0.3 is 10.6 Å². The number of anilines is 2. The van der Waals surface area contributed by atoms with Crippen LogP contribution in [0.15, 0.2) is 36.4 Å². The first-order valence-electron chi connectivity index (χ1n) is 6.13. The second kappa shape index (κ2) is 5.67. The lowest BCUT2D eigenvalue weighted by atomic mass is 10.1. The lowest BCUT2D eigenvalue weighted by Gasteiger charge is -2.28. The van der Waals surface area contributed by atoms with Gasteiger partial charge in [0.15, 0.2) is 5.82 Å². The Morgan fingerprint density at radius 3 is 2.35 bits per heavy atom. The summed E-state index contributed by atoms with van der Waals surface area (Å²) in [6.07, 6.45) is 0. The predicted octanol–water partition coefficient (Wildman–Crippen LogP) is 4.40. The van der Waals surface area contributed by atoms with Crippen LogP contribution in [0.1, 0.15) is 18.5 Å². The van der Waals surface area contributed by atoms with Crippen LogP contribution >= 0.6 is 11.6 Å². The summed E-state index contributed by atoms with van der Waals surface area (Å²) in [5, 5.41) is 0.639. The number of nitrogen functional groups attached to an aromatic ring is 1. The quantitative estimate of drug-likeness (QED) is 0.851. The van der Waals surface area contributed by atoms with E-state index in [-0.39, 0.29) is 11.7 Å². The number of benzene rings is 2. The summed E-state index contributed by atoms with van der Waals surface area (Å²) >= 11 is 5.85. The average Bonchev–Trinajstić information content (AvgIpc) is 2.42. The summed E-state index contributed by atoms with van der Waals surface area (Å²) in [5.41, 5.74) is 6.92. The number of hydrogen-bond acceptors (Lipinski definition) is 2. The molecule has 0 aromatic heterocycles. The molecule has 106 valence electrons. The molecule has 0 fully saturated rings. The Bertz CT molecular complexity index is 614. The molecule has 1 atom stereocenters. The summed E-state index contributed by atoms with van der Waals surface area (Å²) in [6.45, 7) is 1.92. The fourth-order valence-corrected chi connectivity index (χ4v) is 2.16. The molecule has 2 aromatic carbocycles. The molecule has 0 amide bonds. The third kappa shape index (κ3) is 2.85. The molecule has 0 saturated heterocycles. The van der Waals surface area contributed by atoms with Crippen LogP contribution in [0.2, 0.25) is 5.02 Å². The molecule has 0 bridgehead atoms. The van der Waals surface area contributed by atoms with E-state index in [1.807, 2.05) is 19.1 Å². The second-order valence-corrected chi connectivity index (χ2v) is 5.10. The number of halogens is 3. The molecule has 2 N–H and O–H groups in total. The molecule has 2 nitrogen and oxygen atoms in total. The van der Waals surface area contributed by atoms with Crippen LogP contribution in [0.5, 0.6) is 0 Å². The van der Waals surface area contributed by atoms with Gasteiger partial charge in [0.05, 0.1) is 17.4 Å². The van der Waals surface area contributed by atoms with Crippen LogP contribution in [0.4, 0.5) is 20.2 Å². The van der Waals surface area contributed by atoms with E-state index in [9.17, 15) is 8.78 Å². The van der Waals surface area contributed by atoms with E-state index < -0.39 is 11.6 Å². The Balaban J connectivity index is 2.35. The van der Waals surface area contributed by atoms with Crippen LogP contribution in [0.3, 0.4) is 0 Å². The van der Waals surface area contributed by atoms with Gasteiger partial charge in [-0.2, -0.15) is 0 Å². The Morgan fingerprint density at radius 2 is 1.75 bits per heavy atom. The number of nitrogens with zero attached hydrogens (tertiary/aromatic N) is 1. The maximum absolute atomic E-state index is 13.5. The highest BCUT2D eigenvalue weighted by Crippen LogP contribution is 2.32. The maximum Gasteiger partial charge on any atom is 0.151 e. The summed E-state index contributed by atoms with van der Waals surface area (Å²) in [4.78, 5) is 1.73. The van der Waals surface area contributed by atoms with Crippen molar-refractivity contribution in [1.82, 2.24) is 0 Å². The third-order valence-corrected chi connectivity index (χ3v) is 3.64. The van der Waals surface area contributed by atoms with Crippen molar-refractivity contribution in [3.05, 3.63) is 58.6 Å². The van der Waals surface area contributed by atoms with E-state index >= 15 is 0 Å². The zero-order valence-electron chi connectivity index (χ0n) is 11.2. The van der Waals surface area contributed by atoms with E-state index in [4.69, 9.17) is 17.3 Å². The smallest absolute Gasteiger partial charge is 0.151 e. The molecular weight excluding hydrogens is 282 g/mol. The third-order valence-electron chi connectivity index (χ3n) is 3.39. The van der Waals surface area contributed by atoms with Crippen LogP contribution < -0.4 is 10.6 Å². The molecule has 2 rings (SSSR count). The Kier molecular flexibility index (Phi) is 4.14. The van der Waals surface area contributed by atoms with E-state index in [1.54, 1.807) is 24.1 Å². The fraction of sp³-hybridized carbons (Fsp3) is 0.200. The van der Waals surface area contributed by atoms with Crippen LogP contribution in [0, 0.1) is 11.6 Å². The average molecular weight is 297 g/mol. The molecule has 0 aliphatic heterocycles. The Hall–Kier alpha value is -1.81. The van der Waals surface area contributed by atoms with Gasteiger partial charge in [0.2, 0.25) is 0 Å². The van der Waals surface area contributed by atoms with Gasteiger partial charge in [0, 0.05) is 18.1 Å². The highest BCUT2D eigenvalue weighted by Gasteiger charge is 2.17. The molecule has 2 aromatic rings. The van der Waals surface area contributed by atoms with Crippen molar-refractivity contribution < 1.29 is 8.78 Å². The Morgan fingerprint density at radius 1 is 1.15 bits per heavy atom. The monoisotopic (exact) mass is 296 g/mol. The normalized spacial score (nSPS) is 12.2. The van der Waals surface area contributed by atoms with Crippen molar-refractivity contribution in [2.24, 2.45) is 0 Å². The fourth-order valence-electron chi connectivity index (χ4n) is 2.04. The first-order chi connectivity index (χ1) is 9.40. The van der Waals surface area contributed by atoms with Gasteiger partial charge >= 0.3 is 0 Å². The van der Waals surface area contributed by atoms with Crippen LogP contribution in [0.25, 0.3) is 0 Å². The molecule has 5 heteroatoms.